The van der Waals surface area contributed by atoms with Crippen molar-refractivity contribution in [1.29, 1.82) is 0 Å². The lowest BCUT2D eigenvalue weighted by molar-refractivity contribution is 0.0747. The van der Waals surface area contributed by atoms with Crippen LogP contribution in [0.5, 0.6) is 0 Å². The van der Waals surface area contributed by atoms with E-state index in [1.807, 2.05) is 13.8 Å². The molecule has 1 amide bonds. The molecule has 1 fully saturated rings. The van der Waals surface area contributed by atoms with Crippen molar-refractivity contribution in [3.63, 3.8) is 0 Å². The lowest BCUT2D eigenvalue weighted by Gasteiger charge is -2.21. The summed E-state index contributed by atoms with van der Waals surface area (Å²) in [4.78, 5) is 14.2. The largest absolute Gasteiger partial charge is 0.336 e. The Morgan fingerprint density at radius 2 is 2.15 bits per heavy atom. The fourth-order valence-corrected chi connectivity index (χ4v) is 3.83. The molecule has 0 saturated carbocycles. The molecule has 0 bridgehead atoms. The third-order valence-corrected chi connectivity index (χ3v) is 5.18. The first-order valence-electron chi connectivity index (χ1n) is 6.73. The molecule has 0 aromatic heterocycles. The second-order valence-electron chi connectivity index (χ2n) is 5.10. The number of hydrogen-bond donors (Lipinski definition) is 0. The summed E-state index contributed by atoms with van der Waals surface area (Å²) in [5.74, 6) is -0.126. The number of nitrogens with zero attached hydrogens (tertiary/aromatic N) is 1. The minimum Gasteiger partial charge on any atom is -0.336 e. The highest BCUT2D eigenvalue weighted by Crippen LogP contribution is 2.25. The van der Waals surface area contributed by atoms with E-state index in [1.54, 1.807) is 17.0 Å². The molecule has 6 heteroatoms. The SMILES string of the molecule is CCc1ccc(C(=O)N2CCCC2C)cc1S(=O)(=O)Cl. The van der Waals surface area contributed by atoms with Gasteiger partial charge in [0.2, 0.25) is 0 Å². The highest BCUT2D eigenvalue weighted by molar-refractivity contribution is 8.13. The fourth-order valence-electron chi connectivity index (χ4n) is 2.61. The maximum absolute atomic E-state index is 12.4. The number of hydrogen-bond acceptors (Lipinski definition) is 3. The van der Waals surface area contributed by atoms with Crippen LogP contribution in [-0.2, 0) is 15.5 Å². The molecular formula is C14H18ClNO3S. The Morgan fingerprint density at radius 3 is 2.65 bits per heavy atom. The van der Waals surface area contributed by atoms with Crippen molar-refractivity contribution in [2.45, 2.75) is 44.0 Å². The molecule has 1 aliphatic rings. The van der Waals surface area contributed by atoms with E-state index >= 15 is 0 Å². The van der Waals surface area contributed by atoms with Gasteiger partial charge in [-0.25, -0.2) is 8.42 Å². The summed E-state index contributed by atoms with van der Waals surface area (Å²) >= 11 is 0. The molecule has 1 saturated heterocycles. The van der Waals surface area contributed by atoms with E-state index in [0.29, 0.717) is 17.5 Å². The number of rotatable bonds is 3. The number of amides is 1. The third-order valence-electron chi connectivity index (χ3n) is 3.77. The molecule has 1 atom stereocenters. The number of benzene rings is 1. The lowest BCUT2D eigenvalue weighted by atomic mass is 10.1. The quantitative estimate of drug-likeness (QED) is 0.806. The summed E-state index contributed by atoms with van der Waals surface area (Å²) < 4.78 is 23.2. The van der Waals surface area contributed by atoms with Gasteiger partial charge in [-0.2, -0.15) is 0 Å². The van der Waals surface area contributed by atoms with Crippen LogP contribution in [0.1, 0.15) is 42.6 Å². The topological polar surface area (TPSA) is 54.5 Å². The van der Waals surface area contributed by atoms with Crippen LogP contribution in [0.3, 0.4) is 0 Å². The van der Waals surface area contributed by atoms with E-state index in [-0.39, 0.29) is 16.8 Å². The van der Waals surface area contributed by atoms with Crippen LogP contribution in [0.4, 0.5) is 0 Å². The third kappa shape index (κ3) is 2.99. The number of carbonyl (C=O) groups is 1. The van der Waals surface area contributed by atoms with Gasteiger partial charge in [0, 0.05) is 28.8 Å². The maximum Gasteiger partial charge on any atom is 0.261 e. The summed E-state index contributed by atoms with van der Waals surface area (Å²) in [6, 6.07) is 4.94. The van der Waals surface area contributed by atoms with Crippen molar-refractivity contribution in [2.75, 3.05) is 6.54 Å². The molecule has 1 heterocycles. The van der Waals surface area contributed by atoms with E-state index in [4.69, 9.17) is 10.7 Å². The summed E-state index contributed by atoms with van der Waals surface area (Å²) in [5.41, 5.74) is 1.01. The zero-order chi connectivity index (χ0) is 14.9. The van der Waals surface area contributed by atoms with Gasteiger partial charge < -0.3 is 4.90 Å². The average Bonchev–Trinajstić information content (AvgIpc) is 2.82. The normalized spacial score (nSPS) is 19.4. The van der Waals surface area contributed by atoms with E-state index in [0.717, 1.165) is 19.4 Å². The Kier molecular flexibility index (Phi) is 4.39. The number of carbonyl (C=O) groups excluding carboxylic acids is 1. The standard InChI is InChI=1S/C14H18ClNO3S/c1-3-11-6-7-12(9-13(11)20(15,18)19)14(17)16-8-4-5-10(16)2/h6-7,9-10H,3-5,8H2,1-2H3. The van der Waals surface area contributed by atoms with Crippen LogP contribution in [0.15, 0.2) is 23.1 Å². The minimum absolute atomic E-state index is 0.0411. The summed E-state index contributed by atoms with van der Waals surface area (Å²) in [6.07, 6.45) is 2.52. The van der Waals surface area contributed by atoms with Crippen molar-refractivity contribution in [2.24, 2.45) is 0 Å². The summed E-state index contributed by atoms with van der Waals surface area (Å²) in [6.45, 7) is 4.58. The fraction of sp³-hybridized carbons (Fsp3) is 0.500. The van der Waals surface area contributed by atoms with Crippen LogP contribution in [0, 0.1) is 0 Å². The molecule has 1 unspecified atom stereocenters. The molecule has 1 aromatic carbocycles. The molecule has 20 heavy (non-hydrogen) atoms. The Hall–Kier alpha value is -1.07. The predicted octanol–water partition coefficient (Wildman–Crippen LogP) is 2.80. The van der Waals surface area contributed by atoms with Crippen molar-refractivity contribution >= 4 is 25.6 Å². The second kappa shape index (κ2) is 5.74. The molecule has 1 aliphatic heterocycles. The first-order chi connectivity index (χ1) is 9.34. The number of aryl methyl sites for hydroxylation is 1. The van der Waals surface area contributed by atoms with Crippen LogP contribution in [0.2, 0.25) is 0 Å². The smallest absolute Gasteiger partial charge is 0.261 e. The molecule has 2 rings (SSSR count). The van der Waals surface area contributed by atoms with Gasteiger partial charge in [-0.3, -0.25) is 4.79 Å². The van der Waals surface area contributed by atoms with E-state index in [1.165, 1.54) is 6.07 Å². The number of likely N-dealkylation sites (tertiary alicyclic amines) is 1. The van der Waals surface area contributed by atoms with Crippen molar-refractivity contribution < 1.29 is 13.2 Å². The molecule has 0 spiro atoms. The van der Waals surface area contributed by atoms with E-state index in [9.17, 15) is 13.2 Å². The zero-order valence-corrected chi connectivity index (χ0v) is 13.2. The monoisotopic (exact) mass is 315 g/mol. The van der Waals surface area contributed by atoms with Gasteiger partial charge in [-0.05, 0) is 43.9 Å². The molecule has 0 radical (unpaired) electrons. The molecule has 0 aliphatic carbocycles. The van der Waals surface area contributed by atoms with Gasteiger partial charge >= 0.3 is 0 Å². The molecule has 0 N–H and O–H groups in total. The molecule has 4 nitrogen and oxygen atoms in total. The highest BCUT2D eigenvalue weighted by Gasteiger charge is 2.27. The summed E-state index contributed by atoms with van der Waals surface area (Å²) in [7, 11) is 1.62. The zero-order valence-electron chi connectivity index (χ0n) is 11.6. The maximum atomic E-state index is 12.4. The van der Waals surface area contributed by atoms with Gasteiger partial charge in [0.05, 0.1) is 4.90 Å². The Bertz CT molecular complexity index is 627. The van der Waals surface area contributed by atoms with Gasteiger partial charge in [-0.1, -0.05) is 13.0 Å². The van der Waals surface area contributed by atoms with Gasteiger partial charge in [0.25, 0.3) is 15.0 Å². The van der Waals surface area contributed by atoms with Gasteiger partial charge in [0.1, 0.15) is 0 Å². The Labute approximate surface area is 124 Å². The van der Waals surface area contributed by atoms with E-state index < -0.39 is 9.05 Å². The number of halogens is 1. The van der Waals surface area contributed by atoms with Gasteiger partial charge in [-0.15, -0.1) is 0 Å². The van der Waals surface area contributed by atoms with Crippen molar-refractivity contribution in [3.8, 4) is 0 Å². The molecule has 110 valence electrons. The Balaban J connectivity index is 2.41. The minimum atomic E-state index is -3.84. The summed E-state index contributed by atoms with van der Waals surface area (Å²) in [5, 5.41) is 0. The van der Waals surface area contributed by atoms with Crippen LogP contribution >= 0.6 is 10.7 Å². The van der Waals surface area contributed by atoms with Crippen LogP contribution < -0.4 is 0 Å². The second-order valence-corrected chi connectivity index (χ2v) is 7.64. The predicted molar refractivity (Wildman–Crippen MR) is 78.6 cm³/mol. The van der Waals surface area contributed by atoms with Gasteiger partial charge in [0.15, 0.2) is 0 Å². The van der Waals surface area contributed by atoms with E-state index in [2.05, 4.69) is 0 Å². The molecule has 1 aromatic rings. The first-order valence-corrected chi connectivity index (χ1v) is 9.04. The first kappa shape index (κ1) is 15.3. The Morgan fingerprint density at radius 1 is 1.45 bits per heavy atom. The highest BCUT2D eigenvalue weighted by atomic mass is 35.7. The van der Waals surface area contributed by atoms with Crippen LogP contribution in [0.25, 0.3) is 0 Å². The van der Waals surface area contributed by atoms with Crippen molar-refractivity contribution in [3.05, 3.63) is 29.3 Å². The van der Waals surface area contributed by atoms with Crippen molar-refractivity contribution in [1.82, 2.24) is 4.90 Å². The molecular weight excluding hydrogens is 298 g/mol. The average molecular weight is 316 g/mol. The lowest BCUT2D eigenvalue weighted by Crippen LogP contribution is -2.33. The van der Waals surface area contributed by atoms with Crippen LogP contribution in [-0.4, -0.2) is 31.8 Å².